The molecular formula is C18H22FN4OS+. The van der Waals surface area contributed by atoms with Gasteiger partial charge in [-0.1, -0.05) is 30.4 Å². The number of aromatic hydroxyl groups is 1. The highest BCUT2D eigenvalue weighted by Gasteiger charge is 2.33. The molecule has 25 heavy (non-hydrogen) atoms. The molecule has 1 saturated heterocycles. The van der Waals surface area contributed by atoms with Crippen molar-refractivity contribution in [3.63, 3.8) is 0 Å². The number of benzene rings is 1. The van der Waals surface area contributed by atoms with Gasteiger partial charge in [-0.3, -0.25) is 0 Å². The normalized spacial score (nSPS) is 17.2. The molecule has 0 unspecified atom stereocenters. The molecule has 4 rings (SSSR count). The number of nitrogens with one attached hydrogen (secondary N) is 1. The lowest BCUT2D eigenvalue weighted by Crippen LogP contribution is -3.13. The summed E-state index contributed by atoms with van der Waals surface area (Å²) >= 11 is 1.46. The van der Waals surface area contributed by atoms with Crippen LogP contribution < -0.4 is 4.90 Å². The molecule has 2 N–H and O–H groups in total. The zero-order valence-electron chi connectivity index (χ0n) is 14.2. The number of halogens is 1. The average Bonchev–Trinajstić information content (AvgIpc) is 3.16. The predicted octanol–water partition coefficient (Wildman–Crippen LogP) is 2.36. The van der Waals surface area contributed by atoms with E-state index in [0.717, 1.165) is 48.6 Å². The molecule has 7 heteroatoms. The number of aryl methyl sites for hydroxylation is 1. The second kappa shape index (κ2) is 6.72. The molecular weight excluding hydrogens is 339 g/mol. The van der Waals surface area contributed by atoms with Crippen molar-refractivity contribution >= 4 is 16.3 Å². The third-order valence-corrected chi connectivity index (χ3v) is 5.99. The molecule has 0 saturated carbocycles. The molecule has 3 heterocycles. The fraction of sp³-hybridized carbons (Fsp3) is 0.444. The van der Waals surface area contributed by atoms with Crippen LogP contribution in [0, 0.1) is 5.82 Å². The zero-order chi connectivity index (χ0) is 17.4. The predicted molar refractivity (Wildman–Crippen MR) is 94.7 cm³/mol. The molecule has 1 aromatic carbocycles. The molecule has 0 spiro atoms. The Morgan fingerprint density at radius 3 is 2.80 bits per heavy atom. The Balaban J connectivity index is 1.82. The van der Waals surface area contributed by atoms with Gasteiger partial charge in [0.2, 0.25) is 10.8 Å². The average molecular weight is 361 g/mol. The molecule has 132 valence electrons. The van der Waals surface area contributed by atoms with Crippen molar-refractivity contribution in [2.24, 2.45) is 0 Å². The van der Waals surface area contributed by atoms with Gasteiger partial charge >= 0.3 is 0 Å². The van der Waals surface area contributed by atoms with Gasteiger partial charge in [0.1, 0.15) is 10.7 Å². The zero-order valence-corrected chi connectivity index (χ0v) is 15.0. The highest BCUT2D eigenvalue weighted by molar-refractivity contribution is 7.17. The number of thiazole rings is 1. The Morgan fingerprint density at radius 2 is 2.12 bits per heavy atom. The van der Waals surface area contributed by atoms with Gasteiger partial charge in [-0.05, 0) is 31.4 Å². The Morgan fingerprint density at radius 1 is 1.32 bits per heavy atom. The van der Waals surface area contributed by atoms with Crippen molar-refractivity contribution < 1.29 is 14.4 Å². The number of fused-ring (bicyclic) bond motifs is 1. The largest absolute Gasteiger partial charge is 0.492 e. The topological polar surface area (TPSA) is 54.9 Å². The van der Waals surface area contributed by atoms with Crippen LogP contribution in [-0.4, -0.2) is 32.8 Å². The van der Waals surface area contributed by atoms with Gasteiger partial charge in [0, 0.05) is 12.0 Å². The van der Waals surface area contributed by atoms with E-state index in [1.54, 1.807) is 12.1 Å². The Hall–Kier alpha value is -1.99. The lowest BCUT2D eigenvalue weighted by Gasteiger charge is -2.31. The molecule has 3 aromatic rings. The molecule has 0 radical (unpaired) electrons. The Labute approximate surface area is 149 Å². The minimum Gasteiger partial charge on any atom is -0.492 e. The van der Waals surface area contributed by atoms with Crippen LogP contribution in [0.1, 0.15) is 48.5 Å². The van der Waals surface area contributed by atoms with Crippen LogP contribution in [0.3, 0.4) is 0 Å². The maximum atomic E-state index is 13.9. The van der Waals surface area contributed by atoms with Crippen LogP contribution in [0.5, 0.6) is 5.88 Å². The van der Waals surface area contributed by atoms with Crippen LogP contribution in [-0.2, 0) is 6.42 Å². The number of quaternary nitrogens is 1. The monoisotopic (exact) mass is 361 g/mol. The Kier molecular flexibility index (Phi) is 4.43. The standard InChI is InChI=1S/C18H21FN4OS/c1-2-14-20-18-23(21-14)17(24)16(25-18)15(22-9-4-3-5-10-22)12-7-6-8-13(19)11-12/h6-8,11,15,24H,2-5,9-10H2,1H3/p+1/t15-/m0/s1. The minimum atomic E-state index is -0.244. The van der Waals surface area contributed by atoms with Gasteiger partial charge in [0.15, 0.2) is 11.9 Å². The third kappa shape index (κ3) is 3.02. The molecule has 1 aliphatic rings. The number of rotatable bonds is 4. The molecule has 0 aliphatic carbocycles. The summed E-state index contributed by atoms with van der Waals surface area (Å²) in [5.74, 6) is 0.617. The maximum absolute atomic E-state index is 13.9. The fourth-order valence-corrected chi connectivity index (χ4v) is 4.84. The molecule has 1 fully saturated rings. The van der Waals surface area contributed by atoms with Crippen molar-refractivity contribution in [3.05, 3.63) is 46.3 Å². The van der Waals surface area contributed by atoms with Crippen molar-refractivity contribution in [3.8, 4) is 5.88 Å². The summed E-state index contributed by atoms with van der Waals surface area (Å²) in [6.45, 7) is 4.04. The van der Waals surface area contributed by atoms with E-state index in [2.05, 4.69) is 10.1 Å². The van der Waals surface area contributed by atoms with Crippen LogP contribution in [0.4, 0.5) is 4.39 Å². The highest BCUT2D eigenvalue weighted by atomic mass is 32.1. The van der Waals surface area contributed by atoms with E-state index >= 15 is 0 Å². The number of hydrogen-bond donors (Lipinski definition) is 2. The van der Waals surface area contributed by atoms with E-state index in [4.69, 9.17) is 0 Å². The second-order valence-electron chi connectivity index (χ2n) is 6.57. The summed E-state index contributed by atoms with van der Waals surface area (Å²) < 4.78 is 15.4. The van der Waals surface area contributed by atoms with Gasteiger partial charge in [0.05, 0.1) is 13.1 Å². The fourth-order valence-electron chi connectivity index (χ4n) is 3.68. The van der Waals surface area contributed by atoms with Crippen molar-refractivity contribution in [1.82, 2.24) is 14.6 Å². The van der Waals surface area contributed by atoms with Crippen LogP contribution in [0.2, 0.25) is 0 Å². The summed E-state index contributed by atoms with van der Waals surface area (Å²) in [4.78, 5) is 7.36. The third-order valence-electron chi connectivity index (χ3n) is 4.91. The summed E-state index contributed by atoms with van der Waals surface area (Å²) in [6, 6.07) is 6.64. The Bertz CT molecular complexity index is 884. The summed E-state index contributed by atoms with van der Waals surface area (Å²) in [6.07, 6.45) is 4.28. The van der Waals surface area contributed by atoms with Gasteiger partial charge in [-0.25, -0.2) is 9.37 Å². The van der Waals surface area contributed by atoms with Crippen LogP contribution in [0.15, 0.2) is 24.3 Å². The first-order valence-corrected chi connectivity index (χ1v) is 9.66. The number of likely N-dealkylation sites (tertiary alicyclic amines) is 1. The van der Waals surface area contributed by atoms with Crippen LogP contribution in [0.25, 0.3) is 4.96 Å². The van der Waals surface area contributed by atoms with E-state index in [0.29, 0.717) is 4.96 Å². The summed E-state index contributed by atoms with van der Waals surface area (Å²) in [7, 11) is 0. The number of hydrogen-bond acceptors (Lipinski definition) is 4. The van der Waals surface area contributed by atoms with Gasteiger partial charge in [-0.2, -0.15) is 4.52 Å². The number of piperidine rings is 1. The van der Waals surface area contributed by atoms with Crippen molar-refractivity contribution in [2.45, 2.75) is 38.6 Å². The number of aromatic nitrogens is 3. The molecule has 0 amide bonds. The molecule has 2 aromatic heterocycles. The molecule has 5 nitrogen and oxygen atoms in total. The maximum Gasteiger partial charge on any atom is 0.235 e. The molecule has 1 aliphatic heterocycles. The lowest BCUT2D eigenvalue weighted by atomic mass is 10.0. The van der Waals surface area contributed by atoms with E-state index in [1.165, 1.54) is 33.2 Å². The van der Waals surface area contributed by atoms with E-state index in [1.807, 2.05) is 13.0 Å². The smallest absolute Gasteiger partial charge is 0.235 e. The quantitative estimate of drug-likeness (QED) is 0.750. The summed E-state index contributed by atoms with van der Waals surface area (Å²) in [5, 5.41) is 15.2. The molecule has 0 bridgehead atoms. The van der Waals surface area contributed by atoms with Gasteiger partial charge in [0.25, 0.3) is 0 Å². The first-order chi connectivity index (χ1) is 12.2. The van der Waals surface area contributed by atoms with E-state index < -0.39 is 0 Å². The van der Waals surface area contributed by atoms with Crippen molar-refractivity contribution in [1.29, 1.82) is 0 Å². The van der Waals surface area contributed by atoms with Gasteiger partial charge in [-0.15, -0.1) is 5.10 Å². The number of nitrogens with zero attached hydrogens (tertiary/aromatic N) is 3. The van der Waals surface area contributed by atoms with Crippen LogP contribution >= 0.6 is 11.3 Å². The second-order valence-corrected chi connectivity index (χ2v) is 7.58. The lowest BCUT2D eigenvalue weighted by molar-refractivity contribution is -0.930. The van der Waals surface area contributed by atoms with E-state index in [-0.39, 0.29) is 17.7 Å². The first-order valence-electron chi connectivity index (χ1n) is 8.84. The first kappa shape index (κ1) is 16.5. The van der Waals surface area contributed by atoms with Crippen molar-refractivity contribution in [2.75, 3.05) is 13.1 Å². The summed E-state index contributed by atoms with van der Waals surface area (Å²) in [5.41, 5.74) is 0.896. The van der Waals surface area contributed by atoms with E-state index in [9.17, 15) is 9.50 Å². The molecule has 1 atom stereocenters. The SMILES string of the molecule is CCc1nc2sc([C@H](c3cccc(F)c3)[NH+]3CCCCC3)c(O)n2n1. The minimum absolute atomic E-state index is 0.0884. The highest BCUT2D eigenvalue weighted by Crippen LogP contribution is 2.35. The van der Waals surface area contributed by atoms with Gasteiger partial charge < -0.3 is 10.0 Å².